The molecule has 0 aromatic carbocycles. The second-order valence-corrected chi connectivity index (χ2v) is 4.84. The van der Waals surface area contributed by atoms with E-state index >= 15 is 0 Å². The predicted molar refractivity (Wildman–Crippen MR) is 96.7 cm³/mol. The highest BCUT2D eigenvalue weighted by molar-refractivity contribution is 5.88. The third kappa shape index (κ3) is 8.34. The van der Waals surface area contributed by atoms with Crippen molar-refractivity contribution >= 4 is 11.9 Å². The van der Waals surface area contributed by atoms with E-state index in [1.165, 1.54) is 18.4 Å². The summed E-state index contributed by atoms with van der Waals surface area (Å²) in [5.41, 5.74) is 1.88. The van der Waals surface area contributed by atoms with E-state index in [1.54, 1.807) is 32.1 Å². The fraction of sp³-hybridized carbons (Fsp3) is 0.100. The molecule has 0 radical (unpaired) electrons. The molecule has 126 valence electrons. The van der Waals surface area contributed by atoms with Gasteiger partial charge < -0.3 is 9.47 Å². The Kier molecular flexibility index (Phi) is 9.18. The first-order valence-corrected chi connectivity index (χ1v) is 6.98. The lowest BCUT2D eigenvalue weighted by molar-refractivity contribution is -0.134. The van der Waals surface area contributed by atoms with Crippen molar-refractivity contribution in [2.24, 2.45) is 0 Å². The Morgan fingerprint density at radius 3 is 2.00 bits per heavy atom. The molecule has 0 aliphatic heterocycles. The lowest BCUT2D eigenvalue weighted by atomic mass is 10.1. The summed E-state index contributed by atoms with van der Waals surface area (Å²) in [6.45, 7) is 21.2. The molecule has 0 fully saturated rings. The Hall–Kier alpha value is -3.14. The lowest BCUT2D eigenvalue weighted by Gasteiger charge is -2.03. The van der Waals surface area contributed by atoms with Gasteiger partial charge >= 0.3 is 11.9 Å². The van der Waals surface area contributed by atoms with Crippen molar-refractivity contribution in [1.82, 2.24) is 0 Å². The van der Waals surface area contributed by atoms with Crippen LogP contribution in [0.25, 0.3) is 0 Å². The molecular weight excluding hydrogens is 304 g/mol. The molecule has 0 aliphatic carbocycles. The maximum atomic E-state index is 11.3. The molecule has 0 aliphatic rings. The van der Waals surface area contributed by atoms with E-state index in [4.69, 9.17) is 9.47 Å². The van der Waals surface area contributed by atoms with Crippen molar-refractivity contribution in [1.29, 1.82) is 0 Å². The zero-order valence-corrected chi connectivity index (χ0v) is 14.1. The van der Waals surface area contributed by atoms with Crippen LogP contribution < -0.4 is 0 Å². The number of carbonyl (C=O) groups excluding carboxylic acids is 2. The molecule has 0 aromatic rings. The Labute approximate surface area is 143 Å². The molecule has 24 heavy (non-hydrogen) atoms. The van der Waals surface area contributed by atoms with Crippen molar-refractivity contribution in [2.75, 3.05) is 0 Å². The largest absolute Gasteiger partial charge is 0.431 e. The first-order valence-electron chi connectivity index (χ1n) is 6.98. The molecule has 0 saturated heterocycles. The van der Waals surface area contributed by atoms with Gasteiger partial charge in [-0.05, 0) is 37.1 Å². The molecule has 0 spiro atoms. The van der Waals surface area contributed by atoms with Gasteiger partial charge in [0.15, 0.2) is 0 Å². The van der Waals surface area contributed by atoms with Gasteiger partial charge in [-0.2, -0.15) is 0 Å². The second kappa shape index (κ2) is 10.6. The first kappa shape index (κ1) is 20.9. The van der Waals surface area contributed by atoms with Crippen LogP contribution >= 0.6 is 0 Å². The number of carbonyl (C=O) groups is 2. The third-order valence-electron chi connectivity index (χ3n) is 2.51. The fourth-order valence-corrected chi connectivity index (χ4v) is 1.18. The van der Waals surface area contributed by atoms with Gasteiger partial charge in [0, 0.05) is 11.1 Å². The molecule has 0 aromatic heterocycles. The highest BCUT2D eigenvalue weighted by atomic mass is 16.5. The van der Waals surface area contributed by atoms with Crippen LogP contribution in [-0.2, 0) is 19.1 Å². The third-order valence-corrected chi connectivity index (χ3v) is 2.51. The highest BCUT2D eigenvalue weighted by Crippen LogP contribution is 2.12. The van der Waals surface area contributed by atoms with Gasteiger partial charge in [-0.25, -0.2) is 9.59 Å². The SMILES string of the molecule is C=C/C(=C\C=C\OC(=O)C(=C)C)C(=C)/C=C\C(=C)OC(=O)C(=C)C. The molecular formula is C20H22O4. The second-order valence-electron chi connectivity index (χ2n) is 4.84. The minimum absolute atomic E-state index is 0.165. The van der Waals surface area contributed by atoms with Crippen LogP contribution in [-0.4, -0.2) is 11.9 Å². The van der Waals surface area contributed by atoms with Gasteiger partial charge in [-0.1, -0.05) is 51.1 Å². The molecule has 0 amide bonds. The molecule has 0 saturated carbocycles. The summed E-state index contributed by atoms with van der Waals surface area (Å²) in [5.74, 6) is -0.885. The average Bonchev–Trinajstić information content (AvgIpc) is 2.52. The molecule has 0 unspecified atom stereocenters. The standard InChI is InChI=1S/C20H22O4/c1-8-18(10-9-13-23-19(21)14(2)3)16(6)11-12-17(7)24-20(22)15(4)5/h8-13H,1-2,4,6-7H2,3,5H3/b12-11-,13-9+,18-10+. The van der Waals surface area contributed by atoms with Gasteiger partial charge in [-0.3, -0.25) is 0 Å². The van der Waals surface area contributed by atoms with Gasteiger partial charge in [0.25, 0.3) is 0 Å². The average molecular weight is 326 g/mol. The summed E-state index contributed by atoms with van der Waals surface area (Å²) in [4.78, 5) is 22.5. The monoisotopic (exact) mass is 326 g/mol. The van der Waals surface area contributed by atoms with Crippen LogP contribution in [0, 0.1) is 0 Å². The summed E-state index contributed by atoms with van der Waals surface area (Å²) in [7, 11) is 0. The van der Waals surface area contributed by atoms with Crippen molar-refractivity contribution in [2.45, 2.75) is 13.8 Å². The van der Waals surface area contributed by atoms with E-state index in [0.29, 0.717) is 16.7 Å². The zero-order chi connectivity index (χ0) is 18.7. The topological polar surface area (TPSA) is 52.6 Å². The molecule has 0 heterocycles. The highest BCUT2D eigenvalue weighted by Gasteiger charge is 2.04. The maximum Gasteiger partial charge on any atom is 0.338 e. The van der Waals surface area contributed by atoms with Crippen molar-refractivity contribution in [3.63, 3.8) is 0 Å². The lowest BCUT2D eigenvalue weighted by Crippen LogP contribution is -2.02. The van der Waals surface area contributed by atoms with E-state index < -0.39 is 11.9 Å². The number of rotatable bonds is 9. The Morgan fingerprint density at radius 1 is 0.917 bits per heavy atom. The minimum atomic E-state index is -0.544. The van der Waals surface area contributed by atoms with Gasteiger partial charge in [0.05, 0.1) is 6.26 Å². The van der Waals surface area contributed by atoms with E-state index in [9.17, 15) is 9.59 Å². The molecule has 0 rings (SSSR count). The number of esters is 2. The summed E-state index contributed by atoms with van der Waals surface area (Å²) < 4.78 is 9.75. The van der Waals surface area contributed by atoms with Gasteiger partial charge in [-0.15, -0.1) is 0 Å². The van der Waals surface area contributed by atoms with Crippen LogP contribution in [0.4, 0.5) is 0 Å². The maximum absolute atomic E-state index is 11.3. The quantitative estimate of drug-likeness (QED) is 0.271. The number of ether oxygens (including phenoxy) is 2. The van der Waals surface area contributed by atoms with Crippen LogP contribution in [0.5, 0.6) is 0 Å². The molecule has 4 heteroatoms. The van der Waals surface area contributed by atoms with E-state index in [1.807, 2.05) is 0 Å². The summed E-state index contributed by atoms with van der Waals surface area (Å²) in [6.07, 6.45) is 9.15. The van der Waals surface area contributed by atoms with Crippen LogP contribution in [0.2, 0.25) is 0 Å². The Balaban J connectivity index is 4.77. The van der Waals surface area contributed by atoms with Crippen LogP contribution in [0.3, 0.4) is 0 Å². The van der Waals surface area contributed by atoms with Crippen LogP contribution in [0.15, 0.2) is 97.6 Å². The minimum Gasteiger partial charge on any atom is -0.431 e. The van der Waals surface area contributed by atoms with E-state index in [0.717, 1.165) is 0 Å². The molecule has 4 nitrogen and oxygen atoms in total. The smallest absolute Gasteiger partial charge is 0.338 e. The number of allylic oxidation sites excluding steroid dienone is 7. The summed E-state index contributed by atoms with van der Waals surface area (Å²) in [6, 6.07) is 0. The fourth-order valence-electron chi connectivity index (χ4n) is 1.18. The molecule has 0 N–H and O–H groups in total. The van der Waals surface area contributed by atoms with E-state index in [-0.39, 0.29) is 11.3 Å². The van der Waals surface area contributed by atoms with Crippen molar-refractivity contribution in [3.05, 3.63) is 97.6 Å². The van der Waals surface area contributed by atoms with Crippen LogP contribution in [0.1, 0.15) is 13.8 Å². The molecule has 0 bridgehead atoms. The van der Waals surface area contributed by atoms with Gasteiger partial charge in [0.1, 0.15) is 5.76 Å². The van der Waals surface area contributed by atoms with E-state index in [2.05, 4.69) is 32.9 Å². The summed E-state index contributed by atoms with van der Waals surface area (Å²) >= 11 is 0. The Bertz CT molecular complexity index is 670. The number of hydrogen-bond donors (Lipinski definition) is 0. The first-order chi connectivity index (χ1) is 11.2. The molecule has 0 atom stereocenters. The van der Waals surface area contributed by atoms with Gasteiger partial charge in [0.2, 0.25) is 0 Å². The zero-order valence-electron chi connectivity index (χ0n) is 14.1. The normalized spacial score (nSPS) is 11.2. The Morgan fingerprint density at radius 2 is 1.50 bits per heavy atom. The van der Waals surface area contributed by atoms with Crippen molar-refractivity contribution in [3.8, 4) is 0 Å². The summed E-state index contributed by atoms with van der Waals surface area (Å²) in [5, 5.41) is 0. The number of hydrogen-bond acceptors (Lipinski definition) is 4. The van der Waals surface area contributed by atoms with Crippen molar-refractivity contribution < 1.29 is 19.1 Å². The predicted octanol–water partition coefficient (Wildman–Crippen LogP) is 4.48.